The second-order valence-electron chi connectivity index (χ2n) is 7.36. The maximum absolute atomic E-state index is 13.1. The average Bonchev–Trinajstić information content (AvgIpc) is 2.85. The fourth-order valence-electron chi connectivity index (χ4n) is 3.65. The van der Waals surface area contributed by atoms with Gasteiger partial charge in [-0.15, -0.1) is 0 Å². The third-order valence-electron chi connectivity index (χ3n) is 5.16. The summed E-state index contributed by atoms with van der Waals surface area (Å²) in [4.78, 5) is 13.1. The molecule has 0 atom stereocenters. The van der Waals surface area contributed by atoms with Crippen molar-refractivity contribution >= 4 is 44.5 Å². The monoisotopic (exact) mass is 468 g/mol. The van der Waals surface area contributed by atoms with E-state index in [4.69, 9.17) is 11.6 Å². The molecule has 2 N–H and O–H groups in total. The number of carbonyl (C=O) groups excluding carboxylic acids is 1. The summed E-state index contributed by atoms with van der Waals surface area (Å²) in [5, 5.41) is 13.9. The summed E-state index contributed by atoms with van der Waals surface area (Å²) in [7, 11) is -3.91. The van der Waals surface area contributed by atoms with E-state index >= 15 is 0 Å². The zero-order chi connectivity index (χ0) is 22.7. The molecule has 164 valence electrons. The SMILES string of the molecule is O=C(Nc1ccc(Cl)cc1)C1=C(O)CS(=O)(=O)N(CCc2ccccc2)c2ccccc21. The van der Waals surface area contributed by atoms with Gasteiger partial charge < -0.3 is 10.4 Å². The van der Waals surface area contributed by atoms with E-state index in [9.17, 15) is 18.3 Å². The number of rotatable bonds is 5. The fraction of sp³-hybridized carbons (Fsp3) is 0.125. The highest BCUT2D eigenvalue weighted by atomic mass is 35.5. The van der Waals surface area contributed by atoms with Crippen LogP contribution in [0.25, 0.3) is 5.57 Å². The molecule has 3 aromatic carbocycles. The number of para-hydroxylation sites is 1. The number of hydrogen-bond donors (Lipinski definition) is 2. The standard InChI is InChI=1S/C24H21ClN2O4S/c25-18-10-12-19(13-11-18)26-24(29)23-20-8-4-5-9-21(20)27(32(30,31)16-22(23)28)15-14-17-6-2-1-3-7-17/h1-13,28H,14-16H2,(H,26,29). The molecule has 0 aromatic heterocycles. The predicted octanol–water partition coefficient (Wildman–Crippen LogP) is 4.64. The van der Waals surface area contributed by atoms with Gasteiger partial charge in [-0.3, -0.25) is 9.10 Å². The van der Waals surface area contributed by atoms with Crippen LogP contribution < -0.4 is 9.62 Å². The number of sulfonamides is 1. The van der Waals surface area contributed by atoms with Gasteiger partial charge in [-0.1, -0.05) is 60.1 Å². The highest BCUT2D eigenvalue weighted by molar-refractivity contribution is 7.93. The molecule has 0 spiro atoms. The molecule has 4 rings (SSSR count). The van der Waals surface area contributed by atoms with E-state index in [1.807, 2.05) is 30.3 Å². The van der Waals surface area contributed by atoms with Crippen molar-refractivity contribution in [3.8, 4) is 0 Å². The Morgan fingerprint density at radius 1 is 0.969 bits per heavy atom. The van der Waals surface area contributed by atoms with Crippen molar-refractivity contribution in [2.24, 2.45) is 0 Å². The van der Waals surface area contributed by atoms with E-state index in [1.54, 1.807) is 48.5 Å². The summed E-state index contributed by atoms with van der Waals surface area (Å²) in [6, 6.07) is 22.8. The van der Waals surface area contributed by atoms with E-state index < -0.39 is 27.4 Å². The number of anilines is 2. The van der Waals surface area contributed by atoms with Crippen LogP contribution in [0.4, 0.5) is 11.4 Å². The van der Waals surface area contributed by atoms with Crippen LogP contribution in [-0.2, 0) is 21.2 Å². The molecule has 0 fully saturated rings. The lowest BCUT2D eigenvalue weighted by atomic mass is 10.0. The van der Waals surface area contributed by atoms with Crippen LogP contribution in [0.2, 0.25) is 5.02 Å². The number of amides is 1. The Hall–Kier alpha value is -3.29. The van der Waals surface area contributed by atoms with Gasteiger partial charge in [0.2, 0.25) is 10.0 Å². The van der Waals surface area contributed by atoms with Crippen molar-refractivity contribution < 1.29 is 18.3 Å². The summed E-state index contributed by atoms with van der Waals surface area (Å²) in [5.41, 5.74) is 2.10. The number of halogens is 1. The first-order valence-corrected chi connectivity index (χ1v) is 12.0. The van der Waals surface area contributed by atoms with Crippen LogP contribution in [0.3, 0.4) is 0 Å². The minimum Gasteiger partial charge on any atom is -0.510 e. The quantitative estimate of drug-likeness (QED) is 0.571. The molecular formula is C24H21ClN2O4S. The summed E-state index contributed by atoms with van der Waals surface area (Å²) in [6.07, 6.45) is 0.488. The van der Waals surface area contributed by atoms with E-state index in [1.165, 1.54) is 4.31 Å². The Labute approximate surface area is 191 Å². The topological polar surface area (TPSA) is 86.7 Å². The molecule has 0 saturated carbocycles. The van der Waals surface area contributed by atoms with Gasteiger partial charge in [0, 0.05) is 22.8 Å². The van der Waals surface area contributed by atoms with Crippen LogP contribution in [0.15, 0.2) is 84.6 Å². The smallest absolute Gasteiger partial charge is 0.259 e. The fourth-order valence-corrected chi connectivity index (χ4v) is 5.25. The van der Waals surface area contributed by atoms with Crippen molar-refractivity contribution in [1.29, 1.82) is 0 Å². The third-order valence-corrected chi connectivity index (χ3v) is 7.10. The number of benzene rings is 3. The summed E-state index contributed by atoms with van der Waals surface area (Å²) >= 11 is 5.90. The Bertz CT molecular complexity index is 1270. The number of aliphatic hydroxyl groups excluding tert-OH is 1. The Morgan fingerprint density at radius 3 is 2.34 bits per heavy atom. The highest BCUT2D eigenvalue weighted by Crippen LogP contribution is 2.35. The molecule has 8 heteroatoms. The molecular weight excluding hydrogens is 448 g/mol. The van der Waals surface area contributed by atoms with Gasteiger partial charge in [-0.05, 0) is 42.3 Å². The lowest BCUT2D eigenvalue weighted by Gasteiger charge is -2.24. The zero-order valence-corrected chi connectivity index (χ0v) is 18.6. The van der Waals surface area contributed by atoms with Crippen LogP contribution in [-0.4, -0.2) is 31.7 Å². The normalized spacial score (nSPS) is 15.1. The first-order chi connectivity index (χ1) is 15.3. The van der Waals surface area contributed by atoms with Crippen molar-refractivity contribution in [2.45, 2.75) is 6.42 Å². The minimum absolute atomic E-state index is 0.0682. The molecule has 1 aliphatic rings. The molecule has 1 aliphatic heterocycles. The Morgan fingerprint density at radius 2 is 1.62 bits per heavy atom. The van der Waals surface area contributed by atoms with Crippen molar-refractivity contribution in [3.05, 3.63) is 101 Å². The second-order valence-corrected chi connectivity index (χ2v) is 9.69. The maximum Gasteiger partial charge on any atom is 0.259 e. The van der Waals surface area contributed by atoms with E-state index in [-0.39, 0.29) is 12.1 Å². The molecule has 0 radical (unpaired) electrons. The second kappa shape index (κ2) is 9.06. The van der Waals surface area contributed by atoms with Gasteiger partial charge >= 0.3 is 0 Å². The molecule has 0 unspecified atom stereocenters. The van der Waals surface area contributed by atoms with Crippen LogP contribution in [0.1, 0.15) is 11.1 Å². The lowest BCUT2D eigenvalue weighted by molar-refractivity contribution is -0.111. The first kappa shape index (κ1) is 21.9. The third kappa shape index (κ3) is 4.64. The van der Waals surface area contributed by atoms with E-state index in [0.29, 0.717) is 28.4 Å². The van der Waals surface area contributed by atoms with Gasteiger partial charge in [0.1, 0.15) is 11.5 Å². The average molecular weight is 469 g/mol. The Kier molecular flexibility index (Phi) is 6.21. The number of carbonyl (C=O) groups is 1. The predicted molar refractivity (Wildman–Crippen MR) is 127 cm³/mol. The summed E-state index contributed by atoms with van der Waals surface area (Å²) in [5.74, 6) is -1.76. The van der Waals surface area contributed by atoms with Crippen LogP contribution >= 0.6 is 11.6 Å². The lowest BCUT2D eigenvalue weighted by Crippen LogP contribution is -2.34. The van der Waals surface area contributed by atoms with Crippen molar-refractivity contribution in [1.82, 2.24) is 0 Å². The molecule has 6 nitrogen and oxygen atoms in total. The van der Waals surface area contributed by atoms with Gasteiger partial charge in [0.25, 0.3) is 5.91 Å². The van der Waals surface area contributed by atoms with E-state index in [2.05, 4.69) is 5.32 Å². The Balaban J connectivity index is 1.71. The molecule has 3 aromatic rings. The number of fused-ring (bicyclic) bond motifs is 1. The van der Waals surface area contributed by atoms with Crippen molar-refractivity contribution in [3.63, 3.8) is 0 Å². The van der Waals surface area contributed by atoms with Crippen LogP contribution in [0, 0.1) is 0 Å². The number of nitrogens with zero attached hydrogens (tertiary/aromatic N) is 1. The number of nitrogens with one attached hydrogen (secondary N) is 1. The van der Waals surface area contributed by atoms with Crippen molar-refractivity contribution in [2.75, 3.05) is 21.9 Å². The zero-order valence-electron chi connectivity index (χ0n) is 17.0. The molecule has 0 aliphatic carbocycles. The molecule has 1 heterocycles. The van der Waals surface area contributed by atoms with E-state index in [0.717, 1.165) is 5.56 Å². The first-order valence-electron chi connectivity index (χ1n) is 9.98. The molecule has 0 saturated heterocycles. The maximum atomic E-state index is 13.1. The number of hydrogen-bond acceptors (Lipinski definition) is 4. The van der Waals surface area contributed by atoms with Gasteiger partial charge in [-0.25, -0.2) is 8.42 Å². The molecule has 0 bridgehead atoms. The van der Waals surface area contributed by atoms with Gasteiger partial charge in [-0.2, -0.15) is 0 Å². The van der Waals surface area contributed by atoms with Crippen LogP contribution in [0.5, 0.6) is 0 Å². The highest BCUT2D eigenvalue weighted by Gasteiger charge is 2.34. The largest absolute Gasteiger partial charge is 0.510 e. The number of aliphatic hydroxyl groups is 1. The summed E-state index contributed by atoms with van der Waals surface area (Å²) < 4.78 is 27.6. The molecule has 1 amide bonds. The van der Waals surface area contributed by atoms with Gasteiger partial charge in [0.15, 0.2) is 0 Å². The molecule has 32 heavy (non-hydrogen) atoms. The van der Waals surface area contributed by atoms with Gasteiger partial charge in [0.05, 0.1) is 11.3 Å². The summed E-state index contributed by atoms with van der Waals surface area (Å²) in [6.45, 7) is 0.183. The minimum atomic E-state index is -3.91.